The second-order valence-electron chi connectivity index (χ2n) is 4.87. The Morgan fingerprint density at radius 2 is 1.67 bits per heavy atom. The van der Waals surface area contributed by atoms with Crippen molar-refractivity contribution >= 4 is 5.69 Å². The minimum Gasteiger partial charge on any atom is -0.485 e. The molecule has 0 fully saturated rings. The highest BCUT2D eigenvalue weighted by Gasteiger charge is 2.16. The summed E-state index contributed by atoms with van der Waals surface area (Å²) in [5, 5.41) is 29.6. The number of rotatable bonds is 2. The van der Waals surface area contributed by atoms with Crippen LogP contribution in [-0.4, -0.2) is 0 Å². The van der Waals surface area contributed by atoms with E-state index in [1.807, 2.05) is 30.3 Å². The predicted molar refractivity (Wildman–Crippen MR) is 84.8 cm³/mol. The van der Waals surface area contributed by atoms with Crippen LogP contribution in [0, 0.1) is 34.0 Å². The molecule has 0 saturated heterocycles. The van der Waals surface area contributed by atoms with Gasteiger partial charge in [0.1, 0.15) is 36.3 Å². The Morgan fingerprint density at radius 1 is 0.917 bits per heavy atom. The van der Waals surface area contributed by atoms with E-state index >= 15 is 0 Å². The van der Waals surface area contributed by atoms with Crippen molar-refractivity contribution in [2.24, 2.45) is 0 Å². The minimum atomic E-state index is -0.271. The summed E-state index contributed by atoms with van der Waals surface area (Å²) in [4.78, 5) is 0. The largest absolute Gasteiger partial charge is 0.485 e. The molecule has 2 aromatic rings. The number of nitrogens with one attached hydrogen (secondary N) is 1. The number of ether oxygens (including phenoxy) is 2. The predicted octanol–water partition coefficient (Wildman–Crippen LogP) is 3.61. The zero-order chi connectivity index (χ0) is 16.9. The van der Waals surface area contributed by atoms with Crippen molar-refractivity contribution in [1.82, 2.24) is 0 Å². The van der Waals surface area contributed by atoms with Gasteiger partial charge in [0.25, 0.3) is 0 Å². The normalized spacial score (nSPS) is 10.9. The highest BCUT2D eigenvalue weighted by Crippen LogP contribution is 2.38. The maximum absolute atomic E-state index is 9.10. The number of para-hydroxylation sites is 2. The zero-order valence-electron chi connectivity index (χ0n) is 12.4. The van der Waals surface area contributed by atoms with Crippen molar-refractivity contribution < 1.29 is 9.47 Å². The van der Waals surface area contributed by atoms with E-state index in [1.165, 1.54) is 0 Å². The molecule has 0 radical (unpaired) electrons. The molecule has 1 aliphatic rings. The van der Waals surface area contributed by atoms with Crippen LogP contribution < -0.4 is 14.8 Å². The maximum Gasteiger partial charge on any atom is 0.169 e. The molecule has 0 saturated carbocycles. The lowest BCUT2D eigenvalue weighted by Gasteiger charge is -2.10. The van der Waals surface area contributed by atoms with Crippen molar-refractivity contribution in [1.29, 1.82) is 15.8 Å². The number of fused-ring (bicyclic) bond motifs is 2. The minimum absolute atomic E-state index is 0.0984. The smallest absolute Gasteiger partial charge is 0.169 e. The topological polar surface area (TPSA) is 102 Å². The first-order valence-corrected chi connectivity index (χ1v) is 6.99. The number of hydrogen-bond acceptors (Lipinski definition) is 6. The SMILES string of the molecule is N#CC(C#N)=C(C#N)Nc1ccc2c(c1)COc1ccccc1O2. The van der Waals surface area contributed by atoms with Gasteiger partial charge in [0.15, 0.2) is 17.1 Å². The van der Waals surface area contributed by atoms with Crippen molar-refractivity contribution in [2.45, 2.75) is 6.61 Å². The summed E-state index contributed by atoms with van der Waals surface area (Å²) in [6.07, 6.45) is 0. The van der Waals surface area contributed by atoms with E-state index < -0.39 is 0 Å². The summed E-state index contributed by atoms with van der Waals surface area (Å²) in [5.41, 5.74) is 0.974. The van der Waals surface area contributed by atoms with Crippen molar-refractivity contribution in [3.05, 3.63) is 59.3 Å². The average Bonchev–Trinajstić information content (AvgIpc) is 2.80. The molecule has 0 aromatic heterocycles. The van der Waals surface area contributed by atoms with Gasteiger partial charge in [-0.05, 0) is 30.3 Å². The van der Waals surface area contributed by atoms with Crippen molar-refractivity contribution in [2.75, 3.05) is 5.32 Å². The van der Waals surface area contributed by atoms with Crippen LogP contribution >= 0.6 is 0 Å². The van der Waals surface area contributed by atoms with Crippen LogP contribution in [0.2, 0.25) is 0 Å². The Labute approximate surface area is 138 Å². The van der Waals surface area contributed by atoms with Crippen LogP contribution in [0.5, 0.6) is 17.2 Å². The maximum atomic E-state index is 9.10. The first-order valence-electron chi connectivity index (χ1n) is 6.99. The van der Waals surface area contributed by atoms with Gasteiger partial charge in [-0.25, -0.2) is 0 Å². The van der Waals surface area contributed by atoms with Crippen LogP contribution in [0.25, 0.3) is 0 Å². The second kappa shape index (κ2) is 6.44. The van der Waals surface area contributed by atoms with Crippen LogP contribution in [0.15, 0.2) is 53.7 Å². The molecule has 1 aliphatic heterocycles. The Bertz CT molecular complexity index is 942. The first-order chi connectivity index (χ1) is 11.7. The quantitative estimate of drug-likeness (QED) is 0.849. The van der Waals surface area contributed by atoms with E-state index in [2.05, 4.69) is 5.32 Å². The second-order valence-corrected chi connectivity index (χ2v) is 4.87. The number of nitrogens with zero attached hydrogens (tertiary/aromatic N) is 3. The number of hydrogen-bond donors (Lipinski definition) is 1. The van der Waals surface area contributed by atoms with Crippen LogP contribution in [0.1, 0.15) is 5.56 Å². The third kappa shape index (κ3) is 2.83. The van der Waals surface area contributed by atoms with Gasteiger partial charge in [-0.3, -0.25) is 0 Å². The number of benzene rings is 2. The number of anilines is 1. The van der Waals surface area contributed by atoms with Crippen molar-refractivity contribution in [3.63, 3.8) is 0 Å². The van der Waals surface area contributed by atoms with Gasteiger partial charge >= 0.3 is 0 Å². The van der Waals surface area contributed by atoms with Gasteiger partial charge < -0.3 is 14.8 Å². The van der Waals surface area contributed by atoms with Gasteiger partial charge in [-0.2, -0.15) is 15.8 Å². The molecule has 3 rings (SSSR count). The molecule has 1 N–H and O–H groups in total. The fraction of sp³-hybridized carbons (Fsp3) is 0.0556. The molecule has 114 valence electrons. The highest BCUT2D eigenvalue weighted by atomic mass is 16.5. The van der Waals surface area contributed by atoms with E-state index in [0.717, 1.165) is 5.56 Å². The summed E-state index contributed by atoms with van der Waals surface area (Å²) in [6, 6.07) is 17.8. The molecule has 0 amide bonds. The Hall–Kier alpha value is -3.95. The molecule has 1 heterocycles. The molecule has 24 heavy (non-hydrogen) atoms. The summed E-state index contributed by atoms with van der Waals surface area (Å²) in [7, 11) is 0. The summed E-state index contributed by atoms with van der Waals surface area (Å²) in [5.74, 6) is 1.93. The average molecular weight is 314 g/mol. The van der Waals surface area contributed by atoms with E-state index in [1.54, 1.807) is 30.3 Å². The monoisotopic (exact) mass is 314 g/mol. The summed E-state index contributed by atoms with van der Waals surface area (Å²) in [6.45, 7) is 0.302. The Kier molecular flexibility index (Phi) is 4.01. The van der Waals surface area contributed by atoms with Gasteiger partial charge in [-0.15, -0.1) is 0 Å². The zero-order valence-corrected chi connectivity index (χ0v) is 12.4. The van der Waals surface area contributed by atoms with Gasteiger partial charge in [0, 0.05) is 11.3 Å². The summed E-state index contributed by atoms with van der Waals surface area (Å²) < 4.78 is 11.6. The fourth-order valence-electron chi connectivity index (χ4n) is 2.22. The molecule has 2 aromatic carbocycles. The van der Waals surface area contributed by atoms with Gasteiger partial charge in [0.05, 0.1) is 0 Å². The third-order valence-corrected chi connectivity index (χ3v) is 3.37. The molecule has 0 spiro atoms. The fourth-order valence-corrected chi connectivity index (χ4v) is 2.22. The van der Waals surface area contributed by atoms with Gasteiger partial charge in [-0.1, -0.05) is 12.1 Å². The lowest BCUT2D eigenvalue weighted by molar-refractivity contribution is 0.307. The Morgan fingerprint density at radius 3 is 2.38 bits per heavy atom. The van der Waals surface area contributed by atoms with E-state index in [9.17, 15) is 0 Å². The van der Waals surface area contributed by atoms with Crippen LogP contribution in [0.3, 0.4) is 0 Å². The molecular formula is C18H10N4O2. The lowest BCUT2D eigenvalue weighted by Crippen LogP contribution is -2.02. The van der Waals surface area contributed by atoms with E-state index in [0.29, 0.717) is 29.5 Å². The molecule has 0 aliphatic carbocycles. The molecule has 0 atom stereocenters. The number of nitriles is 3. The highest BCUT2D eigenvalue weighted by molar-refractivity contribution is 5.61. The molecule has 0 unspecified atom stereocenters. The number of allylic oxidation sites excluding steroid dienone is 2. The third-order valence-electron chi connectivity index (χ3n) is 3.37. The van der Waals surface area contributed by atoms with E-state index in [4.69, 9.17) is 25.3 Å². The van der Waals surface area contributed by atoms with Gasteiger partial charge in [0.2, 0.25) is 0 Å². The summed E-state index contributed by atoms with van der Waals surface area (Å²) >= 11 is 0. The lowest BCUT2D eigenvalue weighted by atomic mass is 10.1. The standard InChI is InChI=1S/C18H10N4O2/c19-8-13(9-20)15(10-21)22-14-5-6-16-12(7-14)11-23-17-3-1-2-4-18(17)24-16/h1-7,22H,11H2. The van der Waals surface area contributed by atoms with Crippen LogP contribution in [-0.2, 0) is 6.61 Å². The first kappa shape index (κ1) is 15.0. The molecule has 6 heteroatoms. The van der Waals surface area contributed by atoms with E-state index in [-0.39, 0.29) is 11.3 Å². The molecule has 6 nitrogen and oxygen atoms in total. The Balaban J connectivity index is 1.92. The van der Waals surface area contributed by atoms with Crippen molar-refractivity contribution in [3.8, 4) is 35.5 Å². The molecule has 0 bridgehead atoms. The molecular weight excluding hydrogens is 304 g/mol. The van der Waals surface area contributed by atoms with Crippen LogP contribution in [0.4, 0.5) is 5.69 Å².